The van der Waals surface area contributed by atoms with Gasteiger partial charge in [0, 0.05) is 12.8 Å². The second-order valence-electron chi connectivity index (χ2n) is 15.4. The molecule has 322 valence electrons. The van der Waals surface area contributed by atoms with Crippen molar-refractivity contribution < 1.29 is 24.2 Å². The minimum atomic E-state index is -0.775. The van der Waals surface area contributed by atoms with E-state index < -0.39 is 6.10 Å². The molecule has 56 heavy (non-hydrogen) atoms. The maximum Gasteiger partial charge on any atom is 0.306 e. The van der Waals surface area contributed by atoms with E-state index in [1.54, 1.807) is 0 Å². The Morgan fingerprint density at radius 2 is 0.768 bits per heavy atom. The van der Waals surface area contributed by atoms with Crippen LogP contribution in [0.2, 0.25) is 0 Å². The second kappa shape index (κ2) is 46.7. The Balaban J connectivity index is 3.48. The zero-order valence-corrected chi connectivity index (χ0v) is 36.6. The van der Waals surface area contributed by atoms with Gasteiger partial charge in [-0.25, -0.2) is 0 Å². The number of carbonyl (C=O) groups excluding carboxylic acids is 2. The number of aliphatic hydroxyl groups is 1. The summed E-state index contributed by atoms with van der Waals surface area (Å²) in [7, 11) is 0. The predicted molar refractivity (Wildman–Crippen MR) is 242 cm³/mol. The number of hydrogen-bond acceptors (Lipinski definition) is 5. The molecule has 5 nitrogen and oxygen atoms in total. The van der Waals surface area contributed by atoms with Gasteiger partial charge in [-0.2, -0.15) is 0 Å². The van der Waals surface area contributed by atoms with E-state index in [-0.39, 0.29) is 25.2 Å². The Morgan fingerprint density at radius 1 is 0.429 bits per heavy atom. The predicted octanol–water partition coefficient (Wildman–Crippen LogP) is 15.3. The van der Waals surface area contributed by atoms with Crippen molar-refractivity contribution >= 4 is 11.9 Å². The number of rotatable bonds is 42. The first kappa shape index (κ1) is 53.3. The van der Waals surface area contributed by atoms with Gasteiger partial charge >= 0.3 is 11.9 Å². The van der Waals surface area contributed by atoms with Crippen LogP contribution in [0.3, 0.4) is 0 Å². The lowest BCUT2D eigenvalue weighted by molar-refractivity contribution is -0.161. The molecule has 0 aromatic rings. The maximum absolute atomic E-state index is 12.2. The number of carbonyl (C=O) groups is 2. The van der Waals surface area contributed by atoms with Gasteiger partial charge in [-0.1, -0.05) is 202 Å². The summed E-state index contributed by atoms with van der Waals surface area (Å²) in [5.41, 5.74) is 0. The summed E-state index contributed by atoms with van der Waals surface area (Å²) in [5.74, 6) is -0.602. The van der Waals surface area contributed by atoms with Gasteiger partial charge in [0.25, 0.3) is 0 Å². The summed E-state index contributed by atoms with van der Waals surface area (Å²) in [4.78, 5) is 24.3. The van der Waals surface area contributed by atoms with Crippen molar-refractivity contribution in [1.29, 1.82) is 0 Å². The smallest absolute Gasteiger partial charge is 0.306 e. The highest BCUT2D eigenvalue weighted by molar-refractivity contribution is 5.70. The van der Waals surface area contributed by atoms with Crippen LogP contribution in [0.15, 0.2) is 72.9 Å². The number of allylic oxidation sites excluding steroid dienone is 12. The Labute approximate surface area is 346 Å². The summed E-state index contributed by atoms with van der Waals surface area (Å²) in [5, 5.41) is 9.57. The highest BCUT2D eigenvalue weighted by atomic mass is 16.6. The van der Waals surface area contributed by atoms with E-state index in [0.717, 1.165) is 77.0 Å². The van der Waals surface area contributed by atoms with E-state index in [4.69, 9.17) is 9.47 Å². The molecular weight excluding hydrogens is 693 g/mol. The largest absolute Gasteiger partial charge is 0.462 e. The molecule has 0 fully saturated rings. The third-order valence-electron chi connectivity index (χ3n) is 9.98. The van der Waals surface area contributed by atoms with E-state index in [9.17, 15) is 14.7 Å². The molecule has 5 heteroatoms. The van der Waals surface area contributed by atoms with E-state index in [2.05, 4.69) is 86.8 Å². The van der Waals surface area contributed by atoms with E-state index in [1.807, 2.05) is 0 Å². The Morgan fingerprint density at radius 3 is 1.18 bits per heavy atom. The lowest BCUT2D eigenvalue weighted by Crippen LogP contribution is -2.28. The molecule has 0 saturated heterocycles. The molecule has 0 rings (SSSR count). The quantitative estimate of drug-likeness (QED) is 0.0379. The molecule has 0 bridgehead atoms. The van der Waals surface area contributed by atoms with Crippen molar-refractivity contribution in [2.45, 2.75) is 225 Å². The highest BCUT2D eigenvalue weighted by Crippen LogP contribution is 2.15. The standard InChI is InChI=1S/C51H88O5/c1-3-5-7-9-11-13-15-16-17-18-19-20-21-22-23-24-25-26-27-28-29-30-31-32-33-34-36-38-40-42-44-46-51(54)56-49(47-52)48-55-50(53)45-43-41-39-37-35-14-12-10-8-6-4-2/h5,7,10-13,16-17,19-20,22-23,49,52H,3-4,6,8-9,14-15,18,21,24-48H2,1-2H3/b7-5-,12-10-,13-11-,17-16-,20-19-,23-22-. The summed E-state index contributed by atoms with van der Waals surface area (Å²) < 4.78 is 10.6. The van der Waals surface area contributed by atoms with Crippen LogP contribution in [-0.2, 0) is 19.1 Å². The Kier molecular flexibility index (Phi) is 44.5. The summed E-state index contributed by atoms with van der Waals surface area (Å²) >= 11 is 0. The van der Waals surface area contributed by atoms with Crippen molar-refractivity contribution in [1.82, 2.24) is 0 Å². The van der Waals surface area contributed by atoms with Gasteiger partial charge in [0.2, 0.25) is 0 Å². The van der Waals surface area contributed by atoms with Gasteiger partial charge in [-0.3, -0.25) is 9.59 Å². The first-order valence-electron chi connectivity index (χ1n) is 23.5. The van der Waals surface area contributed by atoms with Gasteiger partial charge in [0.15, 0.2) is 6.10 Å². The molecule has 1 N–H and O–H groups in total. The van der Waals surface area contributed by atoms with Crippen LogP contribution in [-0.4, -0.2) is 36.4 Å². The van der Waals surface area contributed by atoms with Crippen molar-refractivity contribution in [2.75, 3.05) is 13.2 Å². The molecule has 0 radical (unpaired) electrons. The van der Waals surface area contributed by atoms with Crippen LogP contribution in [0.25, 0.3) is 0 Å². The molecule has 0 aromatic carbocycles. The normalized spacial score (nSPS) is 12.8. The van der Waals surface area contributed by atoms with Gasteiger partial charge < -0.3 is 14.6 Å². The van der Waals surface area contributed by atoms with Crippen LogP contribution in [0, 0.1) is 0 Å². The van der Waals surface area contributed by atoms with Gasteiger partial charge in [0.05, 0.1) is 6.61 Å². The zero-order valence-electron chi connectivity index (χ0n) is 36.6. The van der Waals surface area contributed by atoms with Gasteiger partial charge in [-0.05, 0) is 77.0 Å². The van der Waals surface area contributed by atoms with E-state index in [0.29, 0.717) is 12.8 Å². The number of esters is 2. The van der Waals surface area contributed by atoms with Crippen LogP contribution in [0.5, 0.6) is 0 Å². The first-order chi connectivity index (χ1) is 27.6. The average Bonchev–Trinajstić information content (AvgIpc) is 3.20. The molecule has 0 aromatic heterocycles. The van der Waals surface area contributed by atoms with Crippen molar-refractivity contribution in [3.8, 4) is 0 Å². The van der Waals surface area contributed by atoms with Crippen molar-refractivity contribution in [2.24, 2.45) is 0 Å². The maximum atomic E-state index is 12.2. The number of ether oxygens (including phenoxy) is 2. The van der Waals surface area contributed by atoms with Crippen molar-refractivity contribution in [3.05, 3.63) is 72.9 Å². The average molecular weight is 781 g/mol. The number of aliphatic hydroxyl groups excluding tert-OH is 1. The molecule has 1 atom stereocenters. The molecule has 0 aliphatic heterocycles. The van der Waals surface area contributed by atoms with E-state index in [1.165, 1.54) is 116 Å². The number of hydrogen-bond donors (Lipinski definition) is 1. The van der Waals surface area contributed by atoms with Crippen LogP contribution >= 0.6 is 0 Å². The minimum Gasteiger partial charge on any atom is -0.462 e. The highest BCUT2D eigenvalue weighted by Gasteiger charge is 2.16. The Hall–Kier alpha value is -2.66. The van der Waals surface area contributed by atoms with Crippen LogP contribution in [0.4, 0.5) is 0 Å². The molecule has 0 saturated carbocycles. The van der Waals surface area contributed by atoms with Gasteiger partial charge in [-0.15, -0.1) is 0 Å². The molecule has 0 aliphatic rings. The summed E-state index contributed by atoms with van der Waals surface area (Å²) in [6.07, 6.45) is 62.8. The number of unbranched alkanes of at least 4 members (excludes halogenated alkanes) is 22. The lowest BCUT2D eigenvalue weighted by atomic mass is 10.0. The third kappa shape index (κ3) is 44.1. The molecule has 0 amide bonds. The second-order valence-corrected chi connectivity index (χ2v) is 15.4. The summed E-state index contributed by atoms with van der Waals surface area (Å²) in [6, 6.07) is 0. The molecular formula is C51H88O5. The lowest BCUT2D eigenvalue weighted by Gasteiger charge is -2.15. The first-order valence-corrected chi connectivity index (χ1v) is 23.5. The van der Waals surface area contributed by atoms with E-state index >= 15 is 0 Å². The molecule has 0 spiro atoms. The monoisotopic (exact) mass is 781 g/mol. The van der Waals surface area contributed by atoms with Gasteiger partial charge in [0.1, 0.15) is 6.61 Å². The SMILES string of the molecule is CC/C=C\C/C=C\C/C=C\C/C=C\C/C=C\CCCCCCCCCCCCCCCCCC(=O)OC(CO)COC(=O)CCCCCCC/C=C\CCCC. The minimum absolute atomic E-state index is 0.0710. The van der Waals surface area contributed by atoms with Crippen LogP contribution < -0.4 is 0 Å². The third-order valence-corrected chi connectivity index (χ3v) is 9.98. The zero-order chi connectivity index (χ0) is 40.7. The van der Waals surface area contributed by atoms with Crippen molar-refractivity contribution in [3.63, 3.8) is 0 Å². The Bertz CT molecular complexity index is 1020. The van der Waals surface area contributed by atoms with Crippen LogP contribution in [0.1, 0.15) is 219 Å². The molecule has 0 heterocycles. The summed E-state index contributed by atoms with van der Waals surface area (Å²) in [6.45, 7) is 3.98. The topological polar surface area (TPSA) is 72.8 Å². The fourth-order valence-corrected chi connectivity index (χ4v) is 6.44. The fraction of sp³-hybridized carbons (Fsp3) is 0.725. The molecule has 1 unspecified atom stereocenters. The molecule has 0 aliphatic carbocycles. The fourth-order valence-electron chi connectivity index (χ4n) is 6.44.